The van der Waals surface area contributed by atoms with Gasteiger partial charge in [0.2, 0.25) is 0 Å². The topological polar surface area (TPSA) is 52.0 Å². The molecule has 0 radical (unpaired) electrons. The van der Waals surface area contributed by atoms with E-state index in [0.717, 1.165) is 22.5 Å². The normalized spacial score (nSPS) is 9.33. The van der Waals surface area contributed by atoms with Crippen molar-refractivity contribution >= 4 is 11.4 Å². The van der Waals surface area contributed by atoms with Crippen molar-refractivity contribution in [2.75, 3.05) is 11.5 Å². The van der Waals surface area contributed by atoms with E-state index in [0.29, 0.717) is 0 Å². The number of rotatable bonds is 1. The molecule has 0 amide bonds. The largest absolute Gasteiger partial charge is 0.399 e. The molecule has 3 heteroatoms. The molecule has 0 fully saturated rings. The summed E-state index contributed by atoms with van der Waals surface area (Å²) in [5.74, 6) is 0. The third-order valence-corrected chi connectivity index (χ3v) is 2.15. The van der Waals surface area contributed by atoms with Crippen LogP contribution in [0, 0.1) is 0 Å². The highest BCUT2D eigenvalue weighted by molar-refractivity contribution is 5.67. The molecule has 15 heavy (non-hydrogen) atoms. The number of benzene rings is 2. The summed E-state index contributed by atoms with van der Waals surface area (Å²) in [6.45, 7) is 0. The minimum Gasteiger partial charge on any atom is -0.399 e. The molecule has 0 atom stereocenters. The van der Waals surface area contributed by atoms with Crippen molar-refractivity contribution in [3.05, 3.63) is 48.5 Å². The lowest BCUT2D eigenvalue weighted by Crippen LogP contribution is -1.85. The maximum atomic E-state index is 5.61. The highest BCUT2D eigenvalue weighted by Crippen LogP contribution is 2.21. The summed E-state index contributed by atoms with van der Waals surface area (Å²) in [7, 11) is 0. The predicted octanol–water partition coefficient (Wildman–Crippen LogP) is 2.67. The molecule has 0 aliphatic heterocycles. The Morgan fingerprint density at radius 2 is 0.800 bits per heavy atom. The van der Waals surface area contributed by atoms with Gasteiger partial charge in [-0.3, -0.25) is 4.70 Å². The van der Waals surface area contributed by atoms with Crippen LogP contribution in [-0.2, 0) is 0 Å². The van der Waals surface area contributed by atoms with Crippen LogP contribution in [0.15, 0.2) is 48.5 Å². The third kappa shape index (κ3) is 2.47. The Morgan fingerprint density at radius 1 is 0.533 bits per heavy atom. The molecule has 0 unspecified atom stereocenters. The van der Waals surface area contributed by atoms with Crippen LogP contribution in [0.4, 0.5) is 16.1 Å². The Hall–Kier alpha value is -2.03. The van der Waals surface area contributed by atoms with Gasteiger partial charge in [0.05, 0.1) is 0 Å². The van der Waals surface area contributed by atoms with E-state index >= 15 is 0 Å². The number of hydrogen-bond acceptors (Lipinski definition) is 2. The molecule has 0 aliphatic rings. The minimum atomic E-state index is 0. The van der Waals surface area contributed by atoms with E-state index in [1.54, 1.807) is 0 Å². The van der Waals surface area contributed by atoms with Crippen LogP contribution < -0.4 is 11.5 Å². The molecule has 0 saturated carbocycles. The van der Waals surface area contributed by atoms with Gasteiger partial charge in [-0.2, -0.15) is 0 Å². The fourth-order valence-corrected chi connectivity index (χ4v) is 1.35. The summed E-state index contributed by atoms with van der Waals surface area (Å²) in [6, 6.07) is 15.6. The molecule has 2 aromatic rings. The van der Waals surface area contributed by atoms with Crippen LogP contribution in [0.5, 0.6) is 0 Å². The Kier molecular flexibility index (Phi) is 3.29. The summed E-state index contributed by atoms with van der Waals surface area (Å²) < 4.78 is 0. The van der Waals surface area contributed by atoms with Crippen molar-refractivity contribution in [3.63, 3.8) is 0 Å². The van der Waals surface area contributed by atoms with E-state index in [2.05, 4.69) is 0 Å². The van der Waals surface area contributed by atoms with Crippen LogP contribution in [0.25, 0.3) is 11.1 Å². The first-order valence-electron chi connectivity index (χ1n) is 4.47. The molecule has 4 N–H and O–H groups in total. The molecule has 2 aromatic carbocycles. The van der Waals surface area contributed by atoms with Crippen molar-refractivity contribution in [2.45, 2.75) is 0 Å². The minimum absolute atomic E-state index is 0. The van der Waals surface area contributed by atoms with Crippen molar-refractivity contribution in [2.24, 2.45) is 0 Å². The SMILES string of the molecule is F.Nc1ccc(-c2ccc(N)cc2)cc1. The van der Waals surface area contributed by atoms with Crippen LogP contribution in [0.3, 0.4) is 0 Å². The molecule has 0 bridgehead atoms. The molecule has 0 saturated heterocycles. The number of nitrogen functional groups attached to an aromatic ring is 2. The van der Waals surface area contributed by atoms with Crippen LogP contribution in [-0.4, -0.2) is 0 Å². The van der Waals surface area contributed by atoms with Crippen LogP contribution >= 0.6 is 0 Å². The van der Waals surface area contributed by atoms with Crippen molar-refractivity contribution in [1.29, 1.82) is 0 Å². The molecular weight excluding hydrogens is 191 g/mol. The molecular formula is C12H13FN2. The Morgan fingerprint density at radius 3 is 1.07 bits per heavy atom. The lowest BCUT2D eigenvalue weighted by atomic mass is 10.1. The zero-order valence-corrected chi connectivity index (χ0v) is 8.18. The Balaban J connectivity index is 0.00000112. The maximum Gasteiger partial charge on any atom is 0.0314 e. The summed E-state index contributed by atoms with van der Waals surface area (Å²) in [4.78, 5) is 0. The van der Waals surface area contributed by atoms with E-state index in [1.807, 2.05) is 48.5 Å². The highest BCUT2D eigenvalue weighted by atomic mass is 19.0. The molecule has 2 nitrogen and oxygen atoms in total. The number of anilines is 2. The van der Waals surface area contributed by atoms with E-state index in [9.17, 15) is 0 Å². The van der Waals surface area contributed by atoms with Gasteiger partial charge < -0.3 is 11.5 Å². The zero-order chi connectivity index (χ0) is 9.97. The molecule has 0 spiro atoms. The first-order valence-corrected chi connectivity index (χ1v) is 4.47. The standard InChI is InChI=1S/C12H12N2.FH/c13-11-5-1-9(2-6-11)10-3-7-12(14)8-4-10;/h1-8H,13-14H2;1H. The van der Waals surface area contributed by atoms with Gasteiger partial charge in [-0.1, -0.05) is 24.3 Å². The summed E-state index contributed by atoms with van der Waals surface area (Å²) in [5.41, 5.74) is 15.1. The van der Waals surface area contributed by atoms with Gasteiger partial charge in [-0.15, -0.1) is 0 Å². The number of nitrogens with two attached hydrogens (primary N) is 2. The second kappa shape index (κ2) is 4.46. The molecule has 78 valence electrons. The highest BCUT2D eigenvalue weighted by Gasteiger charge is 1.95. The fraction of sp³-hybridized carbons (Fsp3) is 0. The second-order valence-corrected chi connectivity index (χ2v) is 3.24. The number of hydrogen-bond donors (Lipinski definition) is 2. The van der Waals surface area contributed by atoms with Gasteiger partial charge in [-0.25, -0.2) is 0 Å². The quantitative estimate of drug-likeness (QED) is 0.701. The Labute approximate surface area is 87.9 Å². The summed E-state index contributed by atoms with van der Waals surface area (Å²) >= 11 is 0. The second-order valence-electron chi connectivity index (χ2n) is 3.24. The first-order chi connectivity index (χ1) is 6.75. The summed E-state index contributed by atoms with van der Waals surface area (Å²) in [6.07, 6.45) is 0. The number of halogens is 1. The smallest absolute Gasteiger partial charge is 0.0314 e. The van der Waals surface area contributed by atoms with E-state index in [4.69, 9.17) is 11.5 Å². The van der Waals surface area contributed by atoms with Gasteiger partial charge in [0.15, 0.2) is 0 Å². The zero-order valence-electron chi connectivity index (χ0n) is 8.18. The molecule has 0 aliphatic carbocycles. The van der Waals surface area contributed by atoms with Gasteiger partial charge in [0.1, 0.15) is 0 Å². The van der Waals surface area contributed by atoms with E-state index in [-0.39, 0.29) is 4.70 Å². The average Bonchev–Trinajstić information content (AvgIpc) is 2.21. The predicted molar refractivity (Wildman–Crippen MR) is 63.2 cm³/mol. The van der Waals surface area contributed by atoms with Gasteiger partial charge in [0, 0.05) is 11.4 Å². The van der Waals surface area contributed by atoms with Gasteiger partial charge >= 0.3 is 0 Å². The monoisotopic (exact) mass is 204 g/mol. The molecule has 0 aromatic heterocycles. The van der Waals surface area contributed by atoms with Crippen LogP contribution in [0.2, 0.25) is 0 Å². The summed E-state index contributed by atoms with van der Waals surface area (Å²) in [5, 5.41) is 0. The fourth-order valence-electron chi connectivity index (χ4n) is 1.35. The van der Waals surface area contributed by atoms with Crippen LogP contribution in [0.1, 0.15) is 0 Å². The van der Waals surface area contributed by atoms with E-state index < -0.39 is 0 Å². The lowest BCUT2D eigenvalue weighted by Gasteiger charge is -2.02. The van der Waals surface area contributed by atoms with Gasteiger partial charge in [-0.05, 0) is 35.4 Å². The third-order valence-electron chi connectivity index (χ3n) is 2.15. The molecule has 0 heterocycles. The van der Waals surface area contributed by atoms with Gasteiger partial charge in [0.25, 0.3) is 0 Å². The maximum absolute atomic E-state index is 5.61. The first kappa shape index (κ1) is 11.0. The van der Waals surface area contributed by atoms with Crippen molar-refractivity contribution in [3.8, 4) is 11.1 Å². The average molecular weight is 204 g/mol. The van der Waals surface area contributed by atoms with Crippen molar-refractivity contribution < 1.29 is 4.70 Å². The van der Waals surface area contributed by atoms with Crippen molar-refractivity contribution in [1.82, 2.24) is 0 Å². The Bertz CT molecular complexity index is 377. The lowest BCUT2D eigenvalue weighted by molar-refractivity contribution is 1.11. The van der Waals surface area contributed by atoms with E-state index in [1.165, 1.54) is 0 Å². The molecule has 2 rings (SSSR count).